The van der Waals surface area contributed by atoms with Crippen molar-refractivity contribution in [2.75, 3.05) is 38.2 Å². The lowest BCUT2D eigenvalue weighted by molar-refractivity contribution is 0.0517. The van der Waals surface area contributed by atoms with Crippen molar-refractivity contribution in [2.45, 2.75) is 39.2 Å². The Morgan fingerprint density at radius 2 is 1.84 bits per heavy atom. The Hall–Kier alpha value is -2.36. The summed E-state index contributed by atoms with van der Waals surface area (Å²) < 4.78 is 45.0. The van der Waals surface area contributed by atoms with Crippen molar-refractivity contribution in [3.05, 3.63) is 35.4 Å². The monoisotopic (exact) mass is 451 g/mol. The summed E-state index contributed by atoms with van der Waals surface area (Å²) in [6, 6.07) is 7.65. The third-order valence-electron chi connectivity index (χ3n) is 4.91. The number of nitrogens with zero attached hydrogens (tertiary/aromatic N) is 1. The average molecular weight is 452 g/mol. The van der Waals surface area contributed by atoms with E-state index in [4.69, 9.17) is 18.4 Å². The van der Waals surface area contributed by atoms with Crippen LogP contribution in [0.15, 0.2) is 24.3 Å². The zero-order valence-electron chi connectivity index (χ0n) is 18.7. The highest BCUT2D eigenvalue weighted by Gasteiger charge is 2.39. The van der Waals surface area contributed by atoms with Crippen molar-refractivity contribution in [3.63, 3.8) is 0 Å². The molecule has 0 aliphatic carbocycles. The second-order valence-corrected chi connectivity index (χ2v) is 10.2. The van der Waals surface area contributed by atoms with Crippen molar-refractivity contribution >= 4 is 32.7 Å². The third kappa shape index (κ3) is 5.11. The molecule has 0 radical (unpaired) electrons. The highest BCUT2D eigenvalue weighted by atomic mass is 32.2. The molecular formula is C22H29NO7S. The Bertz CT molecular complexity index is 1090. The maximum atomic E-state index is 13.1. The van der Waals surface area contributed by atoms with Crippen LogP contribution in [0.4, 0.5) is 10.5 Å². The predicted molar refractivity (Wildman–Crippen MR) is 118 cm³/mol. The second kappa shape index (κ2) is 8.64. The molecule has 1 aliphatic heterocycles. The molecule has 0 unspecified atom stereocenters. The van der Waals surface area contributed by atoms with Gasteiger partial charge in [-0.25, -0.2) is 4.79 Å². The summed E-state index contributed by atoms with van der Waals surface area (Å²) in [5.41, 5.74) is 1.56. The molecule has 0 bridgehead atoms. The zero-order chi connectivity index (χ0) is 23.0. The first-order chi connectivity index (χ1) is 14.4. The van der Waals surface area contributed by atoms with Gasteiger partial charge in [0.05, 0.1) is 18.6 Å². The van der Waals surface area contributed by atoms with Gasteiger partial charge >= 0.3 is 6.09 Å². The van der Waals surface area contributed by atoms with Gasteiger partial charge in [0.1, 0.15) is 11.4 Å². The Balaban J connectivity index is 2.20. The Labute approximate surface area is 183 Å². The van der Waals surface area contributed by atoms with E-state index in [0.29, 0.717) is 11.4 Å². The Kier molecular flexibility index (Phi) is 6.50. The van der Waals surface area contributed by atoms with Crippen LogP contribution in [0.2, 0.25) is 0 Å². The molecule has 9 heteroatoms. The molecule has 1 amide bonds. The highest BCUT2D eigenvalue weighted by Crippen LogP contribution is 2.48. The smallest absolute Gasteiger partial charge is 0.414 e. The number of hydrogen-bond acceptors (Lipinski definition) is 7. The lowest BCUT2D eigenvalue weighted by Crippen LogP contribution is -2.36. The molecule has 1 aliphatic rings. The molecule has 0 spiro atoms. The van der Waals surface area contributed by atoms with Crippen LogP contribution in [0.1, 0.15) is 37.8 Å². The normalized spacial score (nSPS) is 16.5. The number of carbonyl (C=O) groups is 1. The highest BCUT2D eigenvalue weighted by molar-refractivity contribution is 7.85. The van der Waals surface area contributed by atoms with Crippen LogP contribution in [0.5, 0.6) is 5.75 Å². The number of fused-ring (bicyclic) bond motifs is 3. The molecule has 170 valence electrons. The van der Waals surface area contributed by atoms with Gasteiger partial charge in [-0.15, -0.1) is 0 Å². The van der Waals surface area contributed by atoms with Crippen molar-refractivity contribution in [2.24, 2.45) is 0 Å². The second-order valence-electron chi connectivity index (χ2n) is 8.59. The number of ether oxygens (including phenoxy) is 3. The van der Waals surface area contributed by atoms with E-state index >= 15 is 0 Å². The standard InChI is InChI=1S/C22H29NO7S/c1-14-19-18(16-9-7-8-10-17(16)20(14)28-13-27-5)15(12-29-31(6,25)26)11-23(19)21(24)30-22(2,3)4/h7-10,15H,11-13H2,1-6H3/t15-/m0/s1. The van der Waals surface area contributed by atoms with Crippen LogP contribution < -0.4 is 9.64 Å². The third-order valence-corrected chi connectivity index (χ3v) is 5.48. The minimum atomic E-state index is -3.64. The predicted octanol–water partition coefficient (Wildman–Crippen LogP) is 3.95. The molecule has 2 aromatic carbocycles. The first kappa shape index (κ1) is 23.3. The quantitative estimate of drug-likeness (QED) is 0.485. The molecule has 1 atom stereocenters. The summed E-state index contributed by atoms with van der Waals surface area (Å²) in [7, 11) is -2.10. The minimum absolute atomic E-state index is 0.0523. The van der Waals surface area contributed by atoms with Gasteiger partial charge in [-0.05, 0) is 38.6 Å². The molecule has 0 aromatic heterocycles. The van der Waals surface area contributed by atoms with Crippen LogP contribution in [0.25, 0.3) is 10.8 Å². The van der Waals surface area contributed by atoms with E-state index in [-0.39, 0.29) is 25.9 Å². The summed E-state index contributed by atoms with van der Waals surface area (Å²) in [5.74, 6) is 0.256. The maximum absolute atomic E-state index is 13.1. The summed E-state index contributed by atoms with van der Waals surface area (Å²) in [4.78, 5) is 14.6. The molecule has 1 heterocycles. The molecule has 31 heavy (non-hydrogen) atoms. The van der Waals surface area contributed by atoms with Gasteiger partial charge in [0.25, 0.3) is 10.1 Å². The lowest BCUT2D eigenvalue weighted by atomic mass is 9.92. The van der Waals surface area contributed by atoms with E-state index in [0.717, 1.165) is 28.2 Å². The molecule has 3 rings (SSSR count). The van der Waals surface area contributed by atoms with E-state index in [1.807, 2.05) is 31.2 Å². The van der Waals surface area contributed by atoms with Crippen LogP contribution in [-0.4, -0.2) is 53.4 Å². The number of amides is 1. The number of rotatable bonds is 6. The van der Waals surface area contributed by atoms with E-state index in [1.54, 1.807) is 25.7 Å². The summed E-state index contributed by atoms with van der Waals surface area (Å²) in [6.45, 7) is 7.47. The first-order valence-electron chi connectivity index (χ1n) is 9.94. The van der Waals surface area contributed by atoms with Crippen molar-refractivity contribution in [1.29, 1.82) is 0 Å². The van der Waals surface area contributed by atoms with Crippen LogP contribution >= 0.6 is 0 Å². The molecule has 0 saturated heterocycles. The van der Waals surface area contributed by atoms with Gasteiger partial charge in [-0.3, -0.25) is 9.08 Å². The molecule has 0 saturated carbocycles. The van der Waals surface area contributed by atoms with Gasteiger partial charge in [0, 0.05) is 30.5 Å². The largest absolute Gasteiger partial charge is 0.467 e. The fourth-order valence-electron chi connectivity index (χ4n) is 3.85. The Morgan fingerprint density at radius 1 is 1.19 bits per heavy atom. The van der Waals surface area contributed by atoms with E-state index < -0.39 is 21.8 Å². The maximum Gasteiger partial charge on any atom is 0.414 e. The summed E-state index contributed by atoms with van der Waals surface area (Å²) in [6.07, 6.45) is 0.506. The average Bonchev–Trinajstić information content (AvgIpc) is 3.05. The molecule has 2 aromatic rings. The number of methoxy groups -OCH3 is 1. The molecular weight excluding hydrogens is 422 g/mol. The van der Waals surface area contributed by atoms with Crippen molar-refractivity contribution in [3.8, 4) is 5.75 Å². The molecule has 0 fully saturated rings. The molecule has 8 nitrogen and oxygen atoms in total. The van der Waals surface area contributed by atoms with E-state index in [1.165, 1.54) is 7.11 Å². The van der Waals surface area contributed by atoms with Gasteiger partial charge in [-0.2, -0.15) is 8.42 Å². The van der Waals surface area contributed by atoms with Crippen LogP contribution in [-0.2, 0) is 23.8 Å². The molecule has 0 N–H and O–H groups in total. The number of benzene rings is 2. The number of hydrogen-bond donors (Lipinski definition) is 0. The van der Waals surface area contributed by atoms with Crippen molar-refractivity contribution < 1.29 is 31.6 Å². The summed E-state index contributed by atoms with van der Waals surface area (Å²) >= 11 is 0. The van der Waals surface area contributed by atoms with Gasteiger partial charge in [-0.1, -0.05) is 24.3 Å². The van der Waals surface area contributed by atoms with Crippen LogP contribution in [0.3, 0.4) is 0 Å². The van der Waals surface area contributed by atoms with Crippen molar-refractivity contribution in [1.82, 2.24) is 0 Å². The fourth-order valence-corrected chi connectivity index (χ4v) is 4.26. The summed E-state index contributed by atoms with van der Waals surface area (Å²) in [5, 5.41) is 1.72. The number of carbonyl (C=O) groups excluding carboxylic acids is 1. The topological polar surface area (TPSA) is 91.4 Å². The Morgan fingerprint density at radius 3 is 2.42 bits per heavy atom. The van der Waals surface area contributed by atoms with Gasteiger partial charge < -0.3 is 14.2 Å². The number of anilines is 1. The lowest BCUT2D eigenvalue weighted by Gasteiger charge is -2.26. The van der Waals surface area contributed by atoms with Gasteiger partial charge in [0.2, 0.25) is 0 Å². The minimum Gasteiger partial charge on any atom is -0.467 e. The fraction of sp³-hybridized carbons (Fsp3) is 0.500. The van der Waals surface area contributed by atoms with E-state index in [9.17, 15) is 13.2 Å². The first-order valence-corrected chi connectivity index (χ1v) is 11.8. The SMILES string of the molecule is COCOc1c(C)c2c(c3ccccc13)[C@H](COS(C)(=O)=O)CN2C(=O)OC(C)(C)C. The van der Waals surface area contributed by atoms with Crippen LogP contribution in [0, 0.1) is 6.92 Å². The van der Waals surface area contributed by atoms with Gasteiger partial charge in [0.15, 0.2) is 6.79 Å². The zero-order valence-corrected chi connectivity index (χ0v) is 19.5. The van der Waals surface area contributed by atoms with E-state index in [2.05, 4.69) is 0 Å².